The van der Waals surface area contributed by atoms with Gasteiger partial charge in [-0.2, -0.15) is 5.10 Å². The van der Waals surface area contributed by atoms with E-state index in [1.807, 2.05) is 6.92 Å². The third kappa shape index (κ3) is 2.25. The van der Waals surface area contributed by atoms with Gasteiger partial charge in [-0.1, -0.05) is 24.6 Å². The molecule has 0 bridgehead atoms. The molecule has 1 aromatic heterocycles. The van der Waals surface area contributed by atoms with Crippen LogP contribution in [0, 0.1) is 10.6 Å². The first-order chi connectivity index (χ1) is 8.15. The first-order valence-electron chi connectivity index (χ1n) is 5.25. The number of para-hydroxylation sites is 1. The van der Waals surface area contributed by atoms with Crippen molar-refractivity contribution in [3.8, 4) is 5.69 Å². The molecule has 0 radical (unpaired) electrons. The lowest BCUT2D eigenvalue weighted by Crippen LogP contribution is -2.04. The van der Waals surface area contributed by atoms with Crippen LogP contribution < -0.4 is 0 Å². The number of benzene rings is 1. The van der Waals surface area contributed by atoms with E-state index < -0.39 is 5.82 Å². The van der Waals surface area contributed by atoms with Crippen molar-refractivity contribution < 1.29 is 4.39 Å². The topological polar surface area (TPSA) is 33.6 Å². The number of hydrogen-bond acceptors (Lipinski definition) is 2. The first-order valence-corrected chi connectivity index (χ1v) is 6.04. The summed E-state index contributed by atoms with van der Waals surface area (Å²) in [5, 5.41) is 7.07. The average Bonchev–Trinajstić information content (AvgIpc) is 2.62. The van der Waals surface area contributed by atoms with Crippen molar-refractivity contribution >= 4 is 23.8 Å². The fourth-order valence-corrected chi connectivity index (χ4v) is 2.14. The second kappa shape index (κ2) is 4.98. The number of H-pyrrole nitrogens is 1. The van der Waals surface area contributed by atoms with Crippen LogP contribution in [0.1, 0.15) is 19.2 Å². The molecule has 0 aliphatic heterocycles. The molecular formula is C11H11ClFN3S. The van der Waals surface area contributed by atoms with Gasteiger partial charge in [0.2, 0.25) is 0 Å². The van der Waals surface area contributed by atoms with Crippen LogP contribution in [0.5, 0.6) is 0 Å². The highest BCUT2D eigenvalue weighted by Gasteiger charge is 2.14. The Morgan fingerprint density at radius 1 is 1.53 bits per heavy atom. The van der Waals surface area contributed by atoms with Gasteiger partial charge in [0.1, 0.15) is 17.3 Å². The molecule has 1 aromatic carbocycles. The summed E-state index contributed by atoms with van der Waals surface area (Å²) in [6.07, 6.45) is 1.60. The minimum atomic E-state index is -0.410. The monoisotopic (exact) mass is 271 g/mol. The smallest absolute Gasteiger partial charge is 0.200 e. The molecule has 0 aliphatic carbocycles. The quantitative estimate of drug-likeness (QED) is 0.864. The molecule has 0 aliphatic rings. The molecule has 0 unspecified atom stereocenters. The van der Waals surface area contributed by atoms with Gasteiger partial charge >= 0.3 is 0 Å². The average molecular weight is 272 g/mol. The van der Waals surface area contributed by atoms with Gasteiger partial charge in [-0.15, -0.1) is 0 Å². The number of aromatic amines is 1. The molecule has 17 heavy (non-hydrogen) atoms. The third-order valence-electron chi connectivity index (χ3n) is 2.38. The highest BCUT2D eigenvalue weighted by atomic mass is 35.5. The zero-order valence-electron chi connectivity index (χ0n) is 9.20. The molecule has 0 saturated heterocycles. The minimum Gasteiger partial charge on any atom is -0.268 e. The lowest BCUT2D eigenvalue weighted by molar-refractivity contribution is 0.613. The second-order valence-corrected chi connectivity index (χ2v) is 4.39. The van der Waals surface area contributed by atoms with Gasteiger partial charge in [-0.25, -0.2) is 4.39 Å². The maximum absolute atomic E-state index is 13.8. The number of aryl methyl sites for hydroxylation is 1. The van der Waals surface area contributed by atoms with Crippen LogP contribution in [0.25, 0.3) is 5.69 Å². The van der Waals surface area contributed by atoms with Crippen LogP contribution in [-0.4, -0.2) is 14.8 Å². The number of rotatable bonds is 3. The normalized spacial score (nSPS) is 10.8. The summed E-state index contributed by atoms with van der Waals surface area (Å²) in [5.74, 6) is 0.275. The molecule has 0 amide bonds. The van der Waals surface area contributed by atoms with E-state index in [1.54, 1.807) is 16.7 Å². The van der Waals surface area contributed by atoms with Crippen molar-refractivity contribution in [1.82, 2.24) is 14.8 Å². The SMILES string of the molecule is CCCc1n[nH]c(=S)n1-c1c(F)cccc1Cl. The zero-order valence-corrected chi connectivity index (χ0v) is 10.8. The third-order valence-corrected chi connectivity index (χ3v) is 2.96. The maximum Gasteiger partial charge on any atom is 0.200 e. The molecule has 1 heterocycles. The fourth-order valence-electron chi connectivity index (χ4n) is 1.65. The molecule has 0 atom stereocenters. The van der Waals surface area contributed by atoms with Crippen LogP contribution in [0.4, 0.5) is 4.39 Å². The van der Waals surface area contributed by atoms with Crippen molar-refractivity contribution in [3.05, 3.63) is 39.6 Å². The predicted octanol–water partition coefficient (Wildman–Crippen LogP) is 3.67. The molecule has 2 rings (SSSR count). The van der Waals surface area contributed by atoms with Gasteiger partial charge in [0.05, 0.1) is 5.02 Å². The molecule has 2 aromatic rings. The largest absolute Gasteiger partial charge is 0.268 e. The molecule has 0 fully saturated rings. The molecule has 90 valence electrons. The summed E-state index contributed by atoms with van der Waals surface area (Å²) >= 11 is 11.1. The van der Waals surface area contributed by atoms with E-state index in [2.05, 4.69) is 10.2 Å². The van der Waals surface area contributed by atoms with E-state index in [9.17, 15) is 4.39 Å². The summed E-state index contributed by atoms with van der Waals surface area (Å²) in [5.41, 5.74) is 0.261. The first kappa shape index (κ1) is 12.3. The summed E-state index contributed by atoms with van der Waals surface area (Å²) in [6.45, 7) is 2.02. The molecular weight excluding hydrogens is 261 g/mol. The van der Waals surface area contributed by atoms with Crippen molar-refractivity contribution in [2.24, 2.45) is 0 Å². The van der Waals surface area contributed by atoms with Gasteiger partial charge in [-0.05, 0) is 30.8 Å². The fraction of sp³-hybridized carbons (Fsp3) is 0.273. The van der Waals surface area contributed by atoms with E-state index in [1.165, 1.54) is 6.07 Å². The number of hydrogen-bond donors (Lipinski definition) is 1. The summed E-state index contributed by atoms with van der Waals surface area (Å²) < 4.78 is 15.7. The number of halogens is 2. The van der Waals surface area contributed by atoms with E-state index in [0.29, 0.717) is 22.0 Å². The Morgan fingerprint density at radius 2 is 2.29 bits per heavy atom. The second-order valence-electron chi connectivity index (χ2n) is 3.60. The van der Waals surface area contributed by atoms with Crippen molar-refractivity contribution in [3.63, 3.8) is 0 Å². The summed E-state index contributed by atoms with van der Waals surface area (Å²) in [7, 11) is 0. The van der Waals surface area contributed by atoms with E-state index in [4.69, 9.17) is 23.8 Å². The Hall–Kier alpha value is -1.20. The number of nitrogens with zero attached hydrogens (tertiary/aromatic N) is 2. The molecule has 0 saturated carbocycles. The van der Waals surface area contributed by atoms with Crippen LogP contribution in [0.2, 0.25) is 5.02 Å². The van der Waals surface area contributed by atoms with E-state index in [0.717, 1.165) is 6.42 Å². The van der Waals surface area contributed by atoms with Gasteiger partial charge in [0, 0.05) is 6.42 Å². The highest BCUT2D eigenvalue weighted by molar-refractivity contribution is 7.71. The Bertz CT molecular complexity index is 570. The van der Waals surface area contributed by atoms with Gasteiger partial charge in [0.15, 0.2) is 4.77 Å². The van der Waals surface area contributed by atoms with Crippen LogP contribution >= 0.6 is 23.8 Å². The highest BCUT2D eigenvalue weighted by Crippen LogP contribution is 2.24. The Morgan fingerprint density at radius 3 is 2.94 bits per heavy atom. The zero-order chi connectivity index (χ0) is 12.4. The lowest BCUT2D eigenvalue weighted by Gasteiger charge is -2.09. The Balaban J connectivity index is 2.68. The number of nitrogens with one attached hydrogen (secondary N) is 1. The van der Waals surface area contributed by atoms with Crippen LogP contribution in [0.3, 0.4) is 0 Å². The van der Waals surface area contributed by atoms with Crippen LogP contribution in [0.15, 0.2) is 18.2 Å². The molecule has 0 spiro atoms. The maximum atomic E-state index is 13.8. The van der Waals surface area contributed by atoms with Crippen LogP contribution in [-0.2, 0) is 6.42 Å². The van der Waals surface area contributed by atoms with Crippen molar-refractivity contribution in [2.75, 3.05) is 0 Å². The van der Waals surface area contributed by atoms with Gasteiger partial charge < -0.3 is 0 Å². The minimum absolute atomic E-state index is 0.261. The predicted molar refractivity (Wildman–Crippen MR) is 67.7 cm³/mol. The lowest BCUT2D eigenvalue weighted by atomic mass is 10.2. The van der Waals surface area contributed by atoms with E-state index >= 15 is 0 Å². The summed E-state index contributed by atoms with van der Waals surface area (Å²) in [6, 6.07) is 4.54. The Labute approximate surface area is 108 Å². The molecule has 1 N–H and O–H groups in total. The molecule has 6 heteroatoms. The number of aromatic nitrogens is 3. The summed E-state index contributed by atoms with van der Waals surface area (Å²) in [4.78, 5) is 0. The van der Waals surface area contributed by atoms with Crippen molar-refractivity contribution in [1.29, 1.82) is 0 Å². The Kier molecular flexibility index (Phi) is 3.59. The van der Waals surface area contributed by atoms with Gasteiger partial charge in [0.25, 0.3) is 0 Å². The standard InChI is InChI=1S/C11H11ClFN3S/c1-2-4-9-14-15-11(17)16(9)10-7(12)5-3-6-8(10)13/h3,5-6H,2,4H2,1H3,(H,15,17). The van der Waals surface area contributed by atoms with E-state index in [-0.39, 0.29) is 5.69 Å². The van der Waals surface area contributed by atoms with Gasteiger partial charge in [-0.3, -0.25) is 9.67 Å². The van der Waals surface area contributed by atoms with Crippen molar-refractivity contribution in [2.45, 2.75) is 19.8 Å². The molecule has 3 nitrogen and oxygen atoms in total.